The Morgan fingerprint density at radius 2 is 1.61 bits per heavy atom. The number of hydrogen-bond acceptors (Lipinski definition) is 5. The van der Waals surface area contributed by atoms with Crippen LogP contribution >= 0.6 is 0 Å². The Morgan fingerprint density at radius 3 is 2.24 bits per heavy atom. The molecule has 0 radical (unpaired) electrons. The van der Waals surface area contributed by atoms with Crippen molar-refractivity contribution in [2.45, 2.75) is 51.4 Å². The van der Waals surface area contributed by atoms with Crippen molar-refractivity contribution in [1.82, 2.24) is 15.1 Å². The van der Waals surface area contributed by atoms with Crippen LogP contribution in [0.2, 0.25) is 0 Å². The number of piperidine rings is 1. The average molecular weight is 512 g/mol. The van der Waals surface area contributed by atoms with Crippen molar-refractivity contribution in [1.29, 1.82) is 0 Å². The number of anilines is 2. The molecule has 0 bridgehead atoms. The van der Waals surface area contributed by atoms with Crippen molar-refractivity contribution in [2.24, 2.45) is 5.92 Å². The lowest BCUT2D eigenvalue weighted by atomic mass is 9.86. The van der Waals surface area contributed by atoms with Crippen LogP contribution in [-0.2, 0) is 10.2 Å². The first-order valence-corrected chi connectivity index (χ1v) is 13.6. The highest BCUT2D eigenvalue weighted by Crippen LogP contribution is 2.30. The summed E-state index contributed by atoms with van der Waals surface area (Å²) in [7, 11) is 0. The monoisotopic (exact) mass is 511 g/mol. The molecular formula is C31H37N5O2. The minimum Gasteiger partial charge on any atom is -0.354 e. The van der Waals surface area contributed by atoms with Crippen LogP contribution < -0.4 is 10.2 Å². The van der Waals surface area contributed by atoms with E-state index in [2.05, 4.69) is 65.5 Å². The maximum atomic E-state index is 13.0. The molecule has 5 rings (SSSR count). The fraction of sp³-hybridized carbons (Fsp3) is 0.419. The number of carbonyl (C=O) groups excluding carboxylic acids is 2. The summed E-state index contributed by atoms with van der Waals surface area (Å²) in [5.74, 6) is 1.34. The van der Waals surface area contributed by atoms with Crippen LogP contribution in [-0.4, -0.2) is 53.1 Å². The van der Waals surface area contributed by atoms with Crippen LogP contribution in [0.4, 0.5) is 11.5 Å². The lowest BCUT2D eigenvalue weighted by Crippen LogP contribution is -2.37. The van der Waals surface area contributed by atoms with E-state index in [0.29, 0.717) is 12.5 Å². The second-order valence-electron chi connectivity index (χ2n) is 11.5. The maximum absolute atomic E-state index is 13.0. The minimum atomic E-state index is -0.0665. The van der Waals surface area contributed by atoms with E-state index in [1.807, 2.05) is 41.3 Å². The molecular weight excluding hydrogens is 474 g/mol. The summed E-state index contributed by atoms with van der Waals surface area (Å²) in [6.45, 7) is 9.51. The Kier molecular flexibility index (Phi) is 7.45. The Hall–Kier alpha value is -3.74. The Labute approximate surface area is 225 Å². The van der Waals surface area contributed by atoms with Gasteiger partial charge in [0, 0.05) is 43.6 Å². The number of likely N-dealkylation sites (tertiary alicyclic amines) is 1. The summed E-state index contributed by atoms with van der Waals surface area (Å²) in [5, 5.41) is 11.2. The van der Waals surface area contributed by atoms with Gasteiger partial charge in [0.15, 0.2) is 5.82 Å². The zero-order chi connectivity index (χ0) is 26.7. The first-order valence-electron chi connectivity index (χ1n) is 13.6. The molecule has 3 heterocycles. The molecule has 0 spiro atoms. The van der Waals surface area contributed by atoms with Crippen molar-refractivity contribution >= 4 is 23.3 Å². The SMILES string of the molecule is CC(C)(C)c1ccc(C(=O)N2CCC(c3ccc(NC(=O)[C@H]4CCN(c5cccnn5)C4)cc3)CC2)cc1. The van der Waals surface area contributed by atoms with Gasteiger partial charge in [0.05, 0.1) is 5.92 Å². The van der Waals surface area contributed by atoms with Gasteiger partial charge in [0.1, 0.15) is 0 Å². The molecule has 0 aliphatic carbocycles. The van der Waals surface area contributed by atoms with Crippen molar-refractivity contribution in [3.05, 3.63) is 83.6 Å². The highest BCUT2D eigenvalue weighted by atomic mass is 16.2. The van der Waals surface area contributed by atoms with Crippen LogP contribution in [0.15, 0.2) is 66.9 Å². The molecule has 3 aromatic rings. The van der Waals surface area contributed by atoms with E-state index in [1.54, 1.807) is 6.20 Å². The topological polar surface area (TPSA) is 78.4 Å². The molecule has 2 fully saturated rings. The standard InChI is InChI=1S/C31H37N5O2/c1-31(2,3)26-10-6-24(7-11-26)30(38)35-18-14-23(15-19-35)22-8-12-27(13-9-22)33-29(37)25-16-20-36(21-25)28-5-4-17-32-34-28/h4-13,17,23,25H,14-16,18-21H2,1-3H3,(H,33,37)/t25-/m0/s1. The Morgan fingerprint density at radius 1 is 0.895 bits per heavy atom. The molecule has 0 saturated carbocycles. The van der Waals surface area contributed by atoms with Crippen LogP contribution in [0.3, 0.4) is 0 Å². The largest absolute Gasteiger partial charge is 0.354 e. The van der Waals surface area contributed by atoms with Gasteiger partial charge in [-0.25, -0.2) is 0 Å². The van der Waals surface area contributed by atoms with E-state index < -0.39 is 0 Å². The molecule has 198 valence electrons. The van der Waals surface area contributed by atoms with Gasteiger partial charge in [-0.15, -0.1) is 5.10 Å². The third-order valence-electron chi connectivity index (χ3n) is 7.87. The molecule has 2 aromatic carbocycles. The predicted octanol–water partition coefficient (Wildman–Crippen LogP) is 5.26. The molecule has 1 atom stereocenters. The molecule has 1 aromatic heterocycles. The second-order valence-corrected chi connectivity index (χ2v) is 11.5. The first-order chi connectivity index (χ1) is 18.3. The van der Waals surface area contributed by atoms with Gasteiger partial charge in [-0.1, -0.05) is 45.0 Å². The number of nitrogens with zero attached hydrogens (tertiary/aromatic N) is 4. The highest BCUT2D eigenvalue weighted by molar-refractivity contribution is 5.94. The Balaban J connectivity index is 1.11. The van der Waals surface area contributed by atoms with Gasteiger partial charge in [0.25, 0.3) is 5.91 Å². The van der Waals surface area contributed by atoms with E-state index in [0.717, 1.165) is 56.0 Å². The molecule has 2 saturated heterocycles. The van der Waals surface area contributed by atoms with Crippen molar-refractivity contribution < 1.29 is 9.59 Å². The number of nitrogens with one attached hydrogen (secondary N) is 1. The van der Waals surface area contributed by atoms with E-state index in [1.165, 1.54) is 11.1 Å². The van der Waals surface area contributed by atoms with Crippen LogP contribution in [0, 0.1) is 5.92 Å². The van der Waals surface area contributed by atoms with Gasteiger partial charge < -0.3 is 15.1 Å². The van der Waals surface area contributed by atoms with E-state index in [-0.39, 0.29) is 23.1 Å². The summed E-state index contributed by atoms with van der Waals surface area (Å²) in [6, 6.07) is 20.1. The van der Waals surface area contributed by atoms with E-state index >= 15 is 0 Å². The molecule has 1 N–H and O–H groups in total. The Bertz CT molecular complexity index is 1240. The van der Waals surface area contributed by atoms with Gasteiger partial charge in [-0.05, 0) is 78.1 Å². The summed E-state index contributed by atoms with van der Waals surface area (Å²) in [4.78, 5) is 30.0. The second kappa shape index (κ2) is 10.9. The lowest BCUT2D eigenvalue weighted by Gasteiger charge is -2.32. The summed E-state index contributed by atoms with van der Waals surface area (Å²) in [6.07, 6.45) is 4.34. The minimum absolute atomic E-state index is 0.0477. The zero-order valence-electron chi connectivity index (χ0n) is 22.6. The van der Waals surface area contributed by atoms with E-state index in [9.17, 15) is 9.59 Å². The number of rotatable bonds is 5. The average Bonchev–Trinajstić information content (AvgIpc) is 3.44. The summed E-state index contributed by atoms with van der Waals surface area (Å²) >= 11 is 0. The summed E-state index contributed by atoms with van der Waals surface area (Å²) < 4.78 is 0. The normalized spacial score (nSPS) is 18.4. The molecule has 2 aliphatic rings. The van der Waals surface area contributed by atoms with Gasteiger partial charge >= 0.3 is 0 Å². The third-order valence-corrected chi connectivity index (χ3v) is 7.87. The molecule has 2 amide bonds. The molecule has 7 heteroatoms. The first kappa shape index (κ1) is 25.9. The molecule has 2 aliphatic heterocycles. The molecule has 38 heavy (non-hydrogen) atoms. The van der Waals surface area contributed by atoms with Crippen molar-refractivity contribution in [3.63, 3.8) is 0 Å². The number of hydrogen-bond donors (Lipinski definition) is 1. The number of benzene rings is 2. The van der Waals surface area contributed by atoms with E-state index in [4.69, 9.17) is 0 Å². The third kappa shape index (κ3) is 5.87. The van der Waals surface area contributed by atoms with Crippen molar-refractivity contribution in [3.8, 4) is 0 Å². The fourth-order valence-electron chi connectivity index (χ4n) is 5.44. The number of amides is 2. The molecule has 0 unspecified atom stereocenters. The molecule has 7 nitrogen and oxygen atoms in total. The van der Waals surface area contributed by atoms with Gasteiger partial charge in [0.2, 0.25) is 5.91 Å². The van der Waals surface area contributed by atoms with Crippen LogP contribution in [0.1, 0.15) is 67.4 Å². The quantitative estimate of drug-likeness (QED) is 0.506. The number of aromatic nitrogens is 2. The lowest BCUT2D eigenvalue weighted by molar-refractivity contribution is -0.119. The zero-order valence-corrected chi connectivity index (χ0v) is 22.6. The van der Waals surface area contributed by atoms with Crippen molar-refractivity contribution in [2.75, 3.05) is 36.4 Å². The smallest absolute Gasteiger partial charge is 0.253 e. The maximum Gasteiger partial charge on any atom is 0.253 e. The number of carbonyl (C=O) groups is 2. The predicted molar refractivity (Wildman–Crippen MR) is 150 cm³/mol. The summed E-state index contributed by atoms with van der Waals surface area (Å²) in [5.41, 5.74) is 4.16. The van der Waals surface area contributed by atoms with Gasteiger partial charge in [-0.2, -0.15) is 5.10 Å². The van der Waals surface area contributed by atoms with Crippen LogP contribution in [0.25, 0.3) is 0 Å². The fourth-order valence-corrected chi connectivity index (χ4v) is 5.44. The van der Waals surface area contributed by atoms with Crippen LogP contribution in [0.5, 0.6) is 0 Å². The highest BCUT2D eigenvalue weighted by Gasteiger charge is 2.29. The van der Waals surface area contributed by atoms with Gasteiger partial charge in [-0.3, -0.25) is 9.59 Å².